The summed E-state index contributed by atoms with van der Waals surface area (Å²) in [5.41, 5.74) is 0.225. The fraction of sp³-hybridized carbons (Fsp3) is 0.857. The number of nitrogens with one attached hydrogen (secondary N) is 1. The minimum absolute atomic E-state index is 0.225. The van der Waals surface area contributed by atoms with Gasteiger partial charge >= 0.3 is 6.29 Å². The van der Waals surface area contributed by atoms with Gasteiger partial charge in [0.25, 0.3) is 0 Å². The van der Waals surface area contributed by atoms with Gasteiger partial charge < -0.3 is 5.41 Å². The third kappa shape index (κ3) is 1.23. The molecule has 1 N–H and O–H groups in total. The normalized spacial score (nSPS) is 39.7. The van der Waals surface area contributed by atoms with Crippen molar-refractivity contribution in [3.63, 3.8) is 0 Å². The van der Waals surface area contributed by atoms with Crippen molar-refractivity contribution in [2.24, 2.45) is 0 Å². The Balaban J connectivity index is 2.14. The first-order valence-electron chi connectivity index (χ1n) is 3.89. The van der Waals surface area contributed by atoms with E-state index in [0.29, 0.717) is 12.8 Å². The van der Waals surface area contributed by atoms with Gasteiger partial charge in [0.05, 0.1) is 6.10 Å². The molecule has 5 heteroatoms. The molecule has 1 heterocycles. The zero-order chi connectivity index (χ0) is 8.77. The number of hydrogen-bond donors (Lipinski definition) is 1. The monoisotopic (exact) mass is 177 g/mol. The van der Waals surface area contributed by atoms with Gasteiger partial charge in [0.15, 0.2) is 0 Å². The molecule has 2 unspecified atom stereocenters. The molecule has 3 nitrogen and oxygen atoms in total. The van der Waals surface area contributed by atoms with Gasteiger partial charge in [-0.2, -0.15) is 0 Å². The van der Waals surface area contributed by atoms with Crippen LogP contribution in [-0.2, 0) is 9.47 Å². The maximum atomic E-state index is 12.5. The highest BCUT2D eigenvalue weighted by atomic mass is 19.3. The number of alkyl halides is 2. The lowest BCUT2D eigenvalue weighted by molar-refractivity contribution is -0.348. The van der Waals surface area contributed by atoms with Gasteiger partial charge in [0, 0.05) is 5.71 Å². The van der Waals surface area contributed by atoms with Crippen molar-refractivity contribution < 1.29 is 18.3 Å². The molecule has 2 fully saturated rings. The molecule has 68 valence electrons. The molecule has 0 aromatic carbocycles. The Hall–Kier alpha value is -0.550. The molecular weight excluding hydrogens is 168 g/mol. The first kappa shape index (κ1) is 8.07. The van der Waals surface area contributed by atoms with E-state index in [1.165, 1.54) is 0 Å². The summed E-state index contributed by atoms with van der Waals surface area (Å²) in [5, 5.41) is 7.35. The standard InChI is InChI=1S/C7H9F2NO2/c8-7(9)11-5-3-1-2-4(10)6(5)12-7/h5-6,10H,1-3H2. The Morgan fingerprint density at radius 3 is 2.83 bits per heavy atom. The van der Waals surface area contributed by atoms with Gasteiger partial charge in [-0.05, 0) is 19.3 Å². The maximum Gasteiger partial charge on any atom is 0.486 e. The second-order valence-corrected chi connectivity index (χ2v) is 3.08. The molecule has 0 radical (unpaired) electrons. The Bertz CT molecular complexity index is 219. The van der Waals surface area contributed by atoms with Gasteiger partial charge in [-0.3, -0.25) is 9.47 Å². The average molecular weight is 177 g/mol. The van der Waals surface area contributed by atoms with Gasteiger partial charge in [0.2, 0.25) is 0 Å². The highest BCUT2D eigenvalue weighted by Crippen LogP contribution is 2.37. The molecule has 2 aliphatic rings. The van der Waals surface area contributed by atoms with Crippen LogP contribution in [0.3, 0.4) is 0 Å². The van der Waals surface area contributed by atoms with Crippen LogP contribution in [0.5, 0.6) is 0 Å². The lowest BCUT2D eigenvalue weighted by Gasteiger charge is -2.21. The average Bonchev–Trinajstić information content (AvgIpc) is 2.25. The topological polar surface area (TPSA) is 42.3 Å². The first-order chi connectivity index (χ1) is 5.58. The molecule has 0 aromatic rings. The van der Waals surface area contributed by atoms with E-state index >= 15 is 0 Å². The van der Waals surface area contributed by atoms with Crippen molar-refractivity contribution in [3.8, 4) is 0 Å². The SMILES string of the molecule is N=C1CCCC2OC(F)(F)OC12. The van der Waals surface area contributed by atoms with E-state index in [0.717, 1.165) is 6.42 Å². The number of fused-ring (bicyclic) bond motifs is 1. The fourth-order valence-corrected chi connectivity index (χ4v) is 1.63. The second-order valence-electron chi connectivity index (χ2n) is 3.08. The highest BCUT2D eigenvalue weighted by molar-refractivity contribution is 5.87. The van der Waals surface area contributed by atoms with Crippen LogP contribution < -0.4 is 0 Å². The van der Waals surface area contributed by atoms with E-state index in [9.17, 15) is 8.78 Å². The third-order valence-electron chi connectivity index (χ3n) is 2.17. The number of ether oxygens (including phenoxy) is 2. The van der Waals surface area contributed by atoms with Crippen LogP contribution in [0.1, 0.15) is 19.3 Å². The Labute approximate surface area is 68.2 Å². The van der Waals surface area contributed by atoms with E-state index in [-0.39, 0.29) is 5.71 Å². The molecule has 0 amide bonds. The summed E-state index contributed by atoms with van der Waals surface area (Å²) >= 11 is 0. The Kier molecular flexibility index (Phi) is 1.66. The first-order valence-corrected chi connectivity index (χ1v) is 3.89. The van der Waals surface area contributed by atoms with Crippen LogP contribution in [0.2, 0.25) is 0 Å². The Morgan fingerprint density at radius 1 is 1.42 bits per heavy atom. The summed E-state index contributed by atoms with van der Waals surface area (Å²) < 4.78 is 33.6. The van der Waals surface area contributed by atoms with Gasteiger partial charge in [0.1, 0.15) is 6.10 Å². The van der Waals surface area contributed by atoms with Crippen LogP contribution >= 0.6 is 0 Å². The summed E-state index contributed by atoms with van der Waals surface area (Å²) in [7, 11) is 0. The number of hydrogen-bond acceptors (Lipinski definition) is 3. The summed E-state index contributed by atoms with van der Waals surface area (Å²) in [6.45, 7) is 0. The molecule has 1 aliphatic carbocycles. The van der Waals surface area contributed by atoms with E-state index < -0.39 is 18.5 Å². The minimum Gasteiger partial charge on any atom is -0.307 e. The predicted octanol–water partition coefficient (Wildman–Crippen LogP) is 1.52. The number of halogens is 2. The van der Waals surface area contributed by atoms with Crippen molar-refractivity contribution in [1.29, 1.82) is 5.41 Å². The zero-order valence-corrected chi connectivity index (χ0v) is 6.35. The predicted molar refractivity (Wildman–Crippen MR) is 36.3 cm³/mol. The van der Waals surface area contributed by atoms with Crippen molar-refractivity contribution in [2.45, 2.75) is 37.8 Å². The molecule has 2 rings (SSSR count). The molecule has 0 bridgehead atoms. The van der Waals surface area contributed by atoms with Gasteiger partial charge in [-0.1, -0.05) is 0 Å². The van der Waals surface area contributed by atoms with Crippen LogP contribution in [-0.4, -0.2) is 24.2 Å². The molecule has 2 atom stereocenters. The lowest BCUT2D eigenvalue weighted by Crippen LogP contribution is -2.34. The number of rotatable bonds is 0. The van der Waals surface area contributed by atoms with E-state index in [2.05, 4.69) is 9.47 Å². The summed E-state index contributed by atoms with van der Waals surface area (Å²) in [4.78, 5) is 0. The van der Waals surface area contributed by atoms with E-state index in [4.69, 9.17) is 5.41 Å². The molecule has 12 heavy (non-hydrogen) atoms. The molecule has 1 aliphatic heterocycles. The maximum absolute atomic E-state index is 12.5. The van der Waals surface area contributed by atoms with Crippen molar-refractivity contribution in [2.75, 3.05) is 0 Å². The van der Waals surface area contributed by atoms with Crippen molar-refractivity contribution in [3.05, 3.63) is 0 Å². The minimum atomic E-state index is -3.48. The largest absolute Gasteiger partial charge is 0.486 e. The lowest BCUT2D eigenvalue weighted by atomic mass is 9.93. The van der Waals surface area contributed by atoms with Crippen molar-refractivity contribution >= 4 is 5.71 Å². The second kappa shape index (κ2) is 2.47. The quantitative estimate of drug-likeness (QED) is 0.609. The zero-order valence-electron chi connectivity index (χ0n) is 6.35. The summed E-state index contributed by atoms with van der Waals surface area (Å²) in [5.74, 6) is 0. The van der Waals surface area contributed by atoms with Gasteiger partial charge in [-0.25, -0.2) is 0 Å². The van der Waals surface area contributed by atoms with Crippen molar-refractivity contribution in [1.82, 2.24) is 0 Å². The van der Waals surface area contributed by atoms with E-state index in [1.807, 2.05) is 0 Å². The third-order valence-corrected chi connectivity index (χ3v) is 2.17. The molecule has 1 saturated carbocycles. The molecule has 1 saturated heterocycles. The smallest absolute Gasteiger partial charge is 0.307 e. The molecular formula is C7H9F2NO2. The van der Waals surface area contributed by atoms with E-state index in [1.54, 1.807) is 0 Å². The highest BCUT2D eigenvalue weighted by Gasteiger charge is 2.51. The fourth-order valence-electron chi connectivity index (χ4n) is 1.63. The Morgan fingerprint density at radius 2 is 2.17 bits per heavy atom. The summed E-state index contributed by atoms with van der Waals surface area (Å²) in [6, 6.07) is 0. The van der Waals surface area contributed by atoms with Crippen LogP contribution in [0, 0.1) is 5.41 Å². The summed E-state index contributed by atoms with van der Waals surface area (Å²) in [6.07, 6.45) is -3.07. The molecule has 0 spiro atoms. The van der Waals surface area contributed by atoms with Crippen LogP contribution in [0.25, 0.3) is 0 Å². The molecule has 0 aromatic heterocycles. The van der Waals surface area contributed by atoms with Crippen LogP contribution in [0.15, 0.2) is 0 Å². The van der Waals surface area contributed by atoms with Gasteiger partial charge in [-0.15, -0.1) is 8.78 Å². The van der Waals surface area contributed by atoms with Crippen LogP contribution in [0.4, 0.5) is 8.78 Å².